The average Bonchev–Trinajstić information content (AvgIpc) is 3.48. The molecule has 5 rings (SSSR count). The van der Waals surface area contributed by atoms with Crippen LogP contribution in [0.15, 0.2) is 72.8 Å². The van der Waals surface area contributed by atoms with E-state index < -0.39 is 42.3 Å². The first-order valence-corrected chi connectivity index (χ1v) is 11.7. The molecule has 0 saturated carbocycles. The lowest BCUT2D eigenvalue weighted by Crippen LogP contribution is -2.36. The number of ether oxygens (including phenoxy) is 5. The number of fused-ring (bicyclic) bond motifs is 1. The van der Waals surface area contributed by atoms with Crippen LogP contribution in [0, 0.1) is 6.92 Å². The van der Waals surface area contributed by atoms with E-state index in [1.807, 2.05) is 19.1 Å². The van der Waals surface area contributed by atoms with Gasteiger partial charge in [0.1, 0.15) is 23.7 Å². The van der Waals surface area contributed by atoms with Gasteiger partial charge in [0, 0.05) is 0 Å². The Bertz CT molecular complexity index is 1280. The van der Waals surface area contributed by atoms with Crippen LogP contribution < -0.4 is 4.74 Å². The summed E-state index contributed by atoms with van der Waals surface area (Å²) >= 11 is 0. The monoisotopic (exact) mass is 504 g/mol. The lowest BCUT2D eigenvalue weighted by atomic mass is 10.1. The quantitative estimate of drug-likeness (QED) is 0.398. The number of esters is 3. The third-order valence-corrected chi connectivity index (χ3v) is 6.17. The second-order valence-electron chi connectivity index (χ2n) is 8.81. The van der Waals surface area contributed by atoms with E-state index >= 15 is 0 Å². The van der Waals surface area contributed by atoms with Crippen molar-refractivity contribution in [3.8, 4) is 11.5 Å². The van der Waals surface area contributed by atoms with E-state index in [0.29, 0.717) is 5.56 Å². The summed E-state index contributed by atoms with van der Waals surface area (Å²) in [6.45, 7) is 2.19. The van der Waals surface area contributed by atoms with Crippen molar-refractivity contribution in [2.24, 2.45) is 0 Å². The van der Waals surface area contributed by atoms with E-state index in [9.17, 15) is 19.5 Å². The molecule has 1 N–H and O–H groups in total. The van der Waals surface area contributed by atoms with E-state index in [1.54, 1.807) is 12.1 Å². The van der Waals surface area contributed by atoms with Crippen LogP contribution in [0.25, 0.3) is 0 Å². The molecule has 3 aromatic carbocycles. The highest BCUT2D eigenvalue weighted by molar-refractivity contribution is 5.92. The Morgan fingerprint density at radius 2 is 1.11 bits per heavy atom. The summed E-state index contributed by atoms with van der Waals surface area (Å²) in [6, 6.07) is 18.7. The minimum Gasteiger partial charge on any atom is -0.508 e. The van der Waals surface area contributed by atoms with Gasteiger partial charge in [-0.3, -0.25) is 0 Å². The summed E-state index contributed by atoms with van der Waals surface area (Å²) in [5, 5.41) is 9.33. The van der Waals surface area contributed by atoms with Crippen molar-refractivity contribution in [1.29, 1.82) is 0 Å². The normalized spacial score (nSPS) is 22.2. The molecule has 0 spiro atoms. The number of carbonyl (C=O) groups is 3. The number of aromatic hydroxyl groups is 1. The van der Waals surface area contributed by atoms with Crippen LogP contribution in [-0.2, 0) is 18.9 Å². The van der Waals surface area contributed by atoms with Gasteiger partial charge in [-0.05, 0) is 67.6 Å². The highest BCUT2D eigenvalue weighted by atomic mass is 16.7. The van der Waals surface area contributed by atoms with Gasteiger partial charge < -0.3 is 28.8 Å². The van der Waals surface area contributed by atoms with Gasteiger partial charge in [0.05, 0.1) is 29.9 Å². The molecule has 3 aromatic rings. The van der Waals surface area contributed by atoms with Crippen LogP contribution in [0.4, 0.5) is 0 Å². The number of carbonyl (C=O) groups excluding carboxylic acids is 3. The third kappa shape index (κ3) is 5.47. The van der Waals surface area contributed by atoms with Crippen LogP contribution >= 0.6 is 0 Å². The fourth-order valence-corrected chi connectivity index (χ4v) is 4.15. The van der Waals surface area contributed by atoms with Gasteiger partial charge in [0.2, 0.25) is 0 Å². The molecule has 2 saturated heterocycles. The number of hydrogen-bond acceptors (Lipinski definition) is 9. The van der Waals surface area contributed by atoms with E-state index in [-0.39, 0.29) is 35.8 Å². The van der Waals surface area contributed by atoms with Gasteiger partial charge in [0.15, 0.2) is 12.2 Å². The van der Waals surface area contributed by atoms with E-state index in [4.69, 9.17) is 23.7 Å². The highest BCUT2D eigenvalue weighted by Gasteiger charge is 2.51. The van der Waals surface area contributed by atoms with Crippen molar-refractivity contribution in [2.45, 2.75) is 31.3 Å². The zero-order valence-corrected chi connectivity index (χ0v) is 19.9. The van der Waals surface area contributed by atoms with Crippen molar-refractivity contribution in [1.82, 2.24) is 0 Å². The molecule has 0 bridgehead atoms. The standard InChI is InChI=1S/C28H24O9/c1-16-2-4-17(5-3-16)27(31)36-22-14-33-25-23(15-34-24(22)25)37-28(32)19-8-12-21(13-9-19)35-26(30)18-6-10-20(29)11-7-18/h2-13,22-25,29H,14-15H2,1H3/t22-,23-,24-,25-/m1/s1. The maximum Gasteiger partial charge on any atom is 0.343 e. The first-order valence-electron chi connectivity index (χ1n) is 11.7. The Balaban J connectivity index is 1.14. The maximum atomic E-state index is 12.7. The Kier molecular flexibility index (Phi) is 6.89. The molecule has 2 heterocycles. The van der Waals surface area contributed by atoms with Crippen molar-refractivity contribution in [3.63, 3.8) is 0 Å². The number of hydrogen-bond donors (Lipinski definition) is 1. The molecule has 4 atom stereocenters. The minimum absolute atomic E-state index is 0.0418. The smallest absolute Gasteiger partial charge is 0.343 e. The molecule has 0 unspecified atom stereocenters. The van der Waals surface area contributed by atoms with Crippen molar-refractivity contribution >= 4 is 17.9 Å². The highest BCUT2D eigenvalue weighted by Crippen LogP contribution is 2.31. The van der Waals surface area contributed by atoms with Crippen LogP contribution in [0.3, 0.4) is 0 Å². The summed E-state index contributed by atoms with van der Waals surface area (Å²) in [5.74, 6) is -1.37. The summed E-state index contributed by atoms with van der Waals surface area (Å²) in [7, 11) is 0. The Morgan fingerprint density at radius 1 is 0.676 bits per heavy atom. The van der Waals surface area contributed by atoms with E-state index in [0.717, 1.165) is 5.56 Å². The first kappa shape index (κ1) is 24.5. The van der Waals surface area contributed by atoms with Crippen molar-refractivity contribution < 1.29 is 43.2 Å². The maximum absolute atomic E-state index is 12.7. The molecule has 0 amide bonds. The number of phenols is 1. The number of benzene rings is 3. The molecule has 0 aromatic heterocycles. The van der Waals surface area contributed by atoms with Gasteiger partial charge in [-0.15, -0.1) is 0 Å². The SMILES string of the molecule is Cc1ccc(C(=O)O[C@@H]2CO[C@H]3[C@@H]2OC[C@H]3OC(=O)c2ccc(OC(=O)c3ccc(O)cc3)cc2)cc1. The predicted molar refractivity (Wildman–Crippen MR) is 129 cm³/mol. The Labute approximate surface area is 212 Å². The van der Waals surface area contributed by atoms with Gasteiger partial charge in [0.25, 0.3) is 0 Å². The fraction of sp³-hybridized carbons (Fsp3) is 0.250. The topological polar surface area (TPSA) is 118 Å². The lowest BCUT2D eigenvalue weighted by Gasteiger charge is -2.17. The zero-order chi connectivity index (χ0) is 25.9. The van der Waals surface area contributed by atoms with Crippen LogP contribution in [0.5, 0.6) is 11.5 Å². The molecule has 2 fully saturated rings. The summed E-state index contributed by atoms with van der Waals surface area (Å²) in [5.41, 5.74) is 2.01. The summed E-state index contributed by atoms with van der Waals surface area (Å²) in [6.07, 6.45) is -2.35. The number of phenolic OH excluding ortho intramolecular Hbond substituents is 1. The number of aryl methyl sites for hydroxylation is 1. The van der Waals surface area contributed by atoms with Gasteiger partial charge in [-0.2, -0.15) is 0 Å². The molecule has 9 nitrogen and oxygen atoms in total. The molecular formula is C28H24O9. The molecule has 2 aliphatic rings. The molecule has 9 heteroatoms. The molecule has 0 aliphatic carbocycles. The largest absolute Gasteiger partial charge is 0.508 e. The second-order valence-corrected chi connectivity index (χ2v) is 8.81. The molecule has 37 heavy (non-hydrogen) atoms. The van der Waals surface area contributed by atoms with Crippen molar-refractivity contribution in [3.05, 3.63) is 95.1 Å². The van der Waals surface area contributed by atoms with Crippen LogP contribution in [0.2, 0.25) is 0 Å². The third-order valence-electron chi connectivity index (χ3n) is 6.17. The predicted octanol–water partition coefficient (Wildman–Crippen LogP) is 3.47. The summed E-state index contributed by atoms with van der Waals surface area (Å²) in [4.78, 5) is 37.4. The van der Waals surface area contributed by atoms with E-state index in [1.165, 1.54) is 48.5 Å². The molecule has 2 aliphatic heterocycles. The molecule has 0 radical (unpaired) electrons. The average molecular weight is 504 g/mol. The minimum atomic E-state index is -0.660. The lowest BCUT2D eigenvalue weighted by molar-refractivity contribution is -0.0287. The summed E-state index contributed by atoms with van der Waals surface area (Å²) < 4.78 is 28.0. The second kappa shape index (κ2) is 10.4. The van der Waals surface area contributed by atoms with Gasteiger partial charge in [-0.1, -0.05) is 17.7 Å². The fourth-order valence-electron chi connectivity index (χ4n) is 4.15. The van der Waals surface area contributed by atoms with Gasteiger partial charge in [-0.25, -0.2) is 14.4 Å². The molecule has 190 valence electrons. The van der Waals surface area contributed by atoms with E-state index in [2.05, 4.69) is 0 Å². The Hall–Kier alpha value is -4.21. The zero-order valence-electron chi connectivity index (χ0n) is 19.9. The van der Waals surface area contributed by atoms with Gasteiger partial charge >= 0.3 is 17.9 Å². The number of rotatable bonds is 6. The molecular weight excluding hydrogens is 480 g/mol. The van der Waals surface area contributed by atoms with Crippen molar-refractivity contribution in [2.75, 3.05) is 13.2 Å². The van der Waals surface area contributed by atoms with Crippen LogP contribution in [0.1, 0.15) is 36.6 Å². The van der Waals surface area contributed by atoms with Crippen LogP contribution in [-0.4, -0.2) is 60.6 Å². The Morgan fingerprint density at radius 3 is 1.62 bits per heavy atom. The first-order chi connectivity index (χ1) is 17.9.